The maximum absolute atomic E-state index is 11.3. The van der Waals surface area contributed by atoms with Gasteiger partial charge < -0.3 is 4.90 Å². The molecule has 1 aromatic carbocycles. The molecule has 0 fully saturated rings. The standard InChI is InChI=1S/C12H16ClNO/c1-3-10-6-4-5-7-11(10)9-14(2)12(15)8-13/h4-7H,3,8-9H2,1-2H3. The summed E-state index contributed by atoms with van der Waals surface area (Å²) in [6.45, 7) is 2.75. The molecule has 0 aliphatic carbocycles. The lowest BCUT2D eigenvalue weighted by Crippen LogP contribution is -2.27. The van der Waals surface area contributed by atoms with Crippen LogP contribution in [0.1, 0.15) is 18.1 Å². The first-order valence-electron chi connectivity index (χ1n) is 5.05. The zero-order valence-corrected chi connectivity index (χ0v) is 9.92. The summed E-state index contributed by atoms with van der Waals surface area (Å²) < 4.78 is 0. The maximum Gasteiger partial charge on any atom is 0.237 e. The third-order valence-electron chi connectivity index (χ3n) is 2.45. The monoisotopic (exact) mass is 225 g/mol. The van der Waals surface area contributed by atoms with Gasteiger partial charge in [0, 0.05) is 13.6 Å². The highest BCUT2D eigenvalue weighted by Crippen LogP contribution is 2.11. The first kappa shape index (κ1) is 12.1. The van der Waals surface area contributed by atoms with Crippen molar-refractivity contribution in [3.63, 3.8) is 0 Å². The third-order valence-corrected chi connectivity index (χ3v) is 2.68. The van der Waals surface area contributed by atoms with Gasteiger partial charge in [-0.05, 0) is 17.5 Å². The van der Waals surface area contributed by atoms with Crippen LogP contribution in [0.3, 0.4) is 0 Å². The molecule has 3 heteroatoms. The highest BCUT2D eigenvalue weighted by Gasteiger charge is 2.08. The molecule has 15 heavy (non-hydrogen) atoms. The van der Waals surface area contributed by atoms with Crippen LogP contribution in [0.4, 0.5) is 0 Å². The molecule has 0 aromatic heterocycles. The van der Waals surface area contributed by atoms with E-state index in [1.165, 1.54) is 11.1 Å². The molecule has 0 heterocycles. The van der Waals surface area contributed by atoms with E-state index >= 15 is 0 Å². The van der Waals surface area contributed by atoms with Crippen molar-refractivity contribution in [3.8, 4) is 0 Å². The van der Waals surface area contributed by atoms with E-state index in [-0.39, 0.29) is 11.8 Å². The van der Waals surface area contributed by atoms with Crippen LogP contribution in [-0.2, 0) is 17.8 Å². The molecule has 1 aromatic rings. The number of halogens is 1. The van der Waals surface area contributed by atoms with Crippen molar-refractivity contribution >= 4 is 17.5 Å². The van der Waals surface area contributed by atoms with Gasteiger partial charge in [0.25, 0.3) is 0 Å². The second-order valence-electron chi connectivity index (χ2n) is 3.51. The van der Waals surface area contributed by atoms with E-state index in [0.29, 0.717) is 6.54 Å². The Morgan fingerprint density at radius 1 is 1.33 bits per heavy atom. The number of hydrogen-bond acceptors (Lipinski definition) is 1. The normalized spacial score (nSPS) is 10.1. The van der Waals surface area contributed by atoms with Gasteiger partial charge in [-0.3, -0.25) is 4.79 Å². The van der Waals surface area contributed by atoms with Gasteiger partial charge in [-0.15, -0.1) is 11.6 Å². The number of carbonyl (C=O) groups is 1. The van der Waals surface area contributed by atoms with E-state index in [1.807, 2.05) is 12.1 Å². The average molecular weight is 226 g/mol. The lowest BCUT2D eigenvalue weighted by molar-refractivity contribution is -0.127. The first-order chi connectivity index (χ1) is 7.19. The van der Waals surface area contributed by atoms with E-state index in [1.54, 1.807) is 11.9 Å². The van der Waals surface area contributed by atoms with Crippen LogP contribution >= 0.6 is 11.6 Å². The van der Waals surface area contributed by atoms with Crippen molar-refractivity contribution in [1.82, 2.24) is 4.90 Å². The first-order valence-corrected chi connectivity index (χ1v) is 5.59. The minimum atomic E-state index is -0.0393. The summed E-state index contributed by atoms with van der Waals surface area (Å²) in [6, 6.07) is 8.16. The SMILES string of the molecule is CCc1ccccc1CN(C)C(=O)CCl. The van der Waals surface area contributed by atoms with Crippen LogP contribution in [0.5, 0.6) is 0 Å². The van der Waals surface area contributed by atoms with E-state index in [0.717, 1.165) is 6.42 Å². The second-order valence-corrected chi connectivity index (χ2v) is 3.77. The highest BCUT2D eigenvalue weighted by molar-refractivity contribution is 6.27. The molecule has 1 rings (SSSR count). The number of hydrogen-bond donors (Lipinski definition) is 0. The van der Waals surface area contributed by atoms with Gasteiger partial charge in [0.1, 0.15) is 5.88 Å². The number of alkyl halides is 1. The lowest BCUT2D eigenvalue weighted by atomic mass is 10.1. The van der Waals surface area contributed by atoms with Crippen LogP contribution in [0, 0.1) is 0 Å². The Labute approximate surface area is 95.8 Å². The largest absolute Gasteiger partial charge is 0.340 e. The maximum atomic E-state index is 11.3. The fraction of sp³-hybridized carbons (Fsp3) is 0.417. The summed E-state index contributed by atoms with van der Waals surface area (Å²) >= 11 is 5.50. The molecule has 2 nitrogen and oxygen atoms in total. The van der Waals surface area contributed by atoms with Gasteiger partial charge in [-0.2, -0.15) is 0 Å². The van der Waals surface area contributed by atoms with Crippen molar-refractivity contribution in [3.05, 3.63) is 35.4 Å². The summed E-state index contributed by atoms with van der Waals surface area (Å²) in [5.74, 6) is 0.00714. The van der Waals surface area contributed by atoms with E-state index < -0.39 is 0 Å². The number of carbonyl (C=O) groups excluding carboxylic acids is 1. The summed E-state index contributed by atoms with van der Waals surface area (Å²) in [4.78, 5) is 13.0. The van der Waals surface area contributed by atoms with E-state index in [9.17, 15) is 4.79 Å². The van der Waals surface area contributed by atoms with Gasteiger partial charge in [0.2, 0.25) is 5.91 Å². The van der Waals surface area contributed by atoms with Gasteiger partial charge in [-0.25, -0.2) is 0 Å². The van der Waals surface area contributed by atoms with Crippen LogP contribution in [0.25, 0.3) is 0 Å². The zero-order valence-electron chi connectivity index (χ0n) is 9.16. The predicted octanol–water partition coefficient (Wildman–Crippen LogP) is 2.45. The summed E-state index contributed by atoms with van der Waals surface area (Å²) in [5.41, 5.74) is 2.48. The van der Waals surface area contributed by atoms with Crippen molar-refractivity contribution < 1.29 is 4.79 Å². The van der Waals surface area contributed by atoms with E-state index in [4.69, 9.17) is 11.6 Å². The average Bonchev–Trinajstić information content (AvgIpc) is 2.28. The summed E-state index contributed by atoms with van der Waals surface area (Å²) in [6.07, 6.45) is 0.985. The molecule has 0 aliphatic rings. The Kier molecular flexibility index (Phi) is 4.63. The van der Waals surface area contributed by atoms with Crippen molar-refractivity contribution in [2.45, 2.75) is 19.9 Å². The smallest absolute Gasteiger partial charge is 0.237 e. The van der Waals surface area contributed by atoms with Gasteiger partial charge in [-0.1, -0.05) is 31.2 Å². The molecule has 0 aliphatic heterocycles. The Hall–Kier alpha value is -1.02. The molecule has 0 saturated carbocycles. The number of aryl methyl sites for hydroxylation is 1. The zero-order chi connectivity index (χ0) is 11.3. The van der Waals surface area contributed by atoms with Crippen LogP contribution in [0.15, 0.2) is 24.3 Å². The second kappa shape index (κ2) is 5.76. The van der Waals surface area contributed by atoms with Crippen LogP contribution in [0.2, 0.25) is 0 Å². The van der Waals surface area contributed by atoms with Gasteiger partial charge in [0.15, 0.2) is 0 Å². The van der Waals surface area contributed by atoms with Crippen molar-refractivity contribution in [2.24, 2.45) is 0 Å². The molecular formula is C12H16ClNO. The van der Waals surface area contributed by atoms with E-state index in [2.05, 4.69) is 19.1 Å². The molecular weight excluding hydrogens is 210 g/mol. The quantitative estimate of drug-likeness (QED) is 0.721. The fourth-order valence-corrected chi connectivity index (χ4v) is 1.71. The number of amides is 1. The van der Waals surface area contributed by atoms with Crippen molar-refractivity contribution in [1.29, 1.82) is 0 Å². The Bertz CT molecular complexity index is 338. The molecule has 0 saturated heterocycles. The number of nitrogens with zero attached hydrogens (tertiary/aromatic N) is 1. The topological polar surface area (TPSA) is 20.3 Å². The minimum absolute atomic E-state index is 0.0393. The summed E-state index contributed by atoms with van der Waals surface area (Å²) in [5, 5.41) is 0. The number of benzene rings is 1. The molecule has 1 amide bonds. The highest BCUT2D eigenvalue weighted by atomic mass is 35.5. The molecule has 82 valence electrons. The Morgan fingerprint density at radius 2 is 1.93 bits per heavy atom. The lowest BCUT2D eigenvalue weighted by Gasteiger charge is -2.17. The van der Waals surface area contributed by atoms with Gasteiger partial charge in [0.05, 0.1) is 0 Å². The third kappa shape index (κ3) is 3.24. The van der Waals surface area contributed by atoms with Crippen LogP contribution < -0.4 is 0 Å². The minimum Gasteiger partial charge on any atom is -0.340 e. The van der Waals surface area contributed by atoms with Crippen LogP contribution in [-0.4, -0.2) is 23.7 Å². The Morgan fingerprint density at radius 3 is 2.47 bits per heavy atom. The molecule has 0 atom stereocenters. The number of rotatable bonds is 4. The fourth-order valence-electron chi connectivity index (χ4n) is 1.50. The molecule has 0 radical (unpaired) electrons. The summed E-state index contributed by atoms with van der Waals surface area (Å²) in [7, 11) is 1.77. The van der Waals surface area contributed by atoms with Crippen molar-refractivity contribution in [2.75, 3.05) is 12.9 Å². The molecule has 0 unspecified atom stereocenters. The molecule has 0 spiro atoms. The molecule has 0 bridgehead atoms. The Balaban J connectivity index is 2.75. The van der Waals surface area contributed by atoms with Gasteiger partial charge >= 0.3 is 0 Å². The predicted molar refractivity (Wildman–Crippen MR) is 63.0 cm³/mol. The molecule has 0 N–H and O–H groups in total.